The Balaban J connectivity index is 1.76. The molecule has 2 aromatic rings. The monoisotopic (exact) mass is 469 g/mol. The molecule has 1 aliphatic rings. The van der Waals surface area contributed by atoms with Crippen LogP contribution in [0.1, 0.15) is 36.9 Å². The van der Waals surface area contributed by atoms with Crippen molar-refractivity contribution < 1.29 is 21.6 Å². The third kappa shape index (κ3) is 6.02. The number of nitrogens with zero attached hydrogens (tertiary/aromatic N) is 1. The van der Waals surface area contributed by atoms with Gasteiger partial charge in [-0.05, 0) is 82.1 Å². The van der Waals surface area contributed by atoms with E-state index < -0.39 is 22.2 Å². The first kappa shape index (κ1) is 24.5. The number of likely N-dealkylation sites (tertiary alicyclic amines) is 1. The molecule has 0 bridgehead atoms. The van der Waals surface area contributed by atoms with Gasteiger partial charge in [-0.25, -0.2) is 13.1 Å². The molecule has 1 heterocycles. The summed E-state index contributed by atoms with van der Waals surface area (Å²) in [5.74, 6) is 0.251. The fraction of sp³-hybridized carbons (Fsp3) is 0.478. The van der Waals surface area contributed by atoms with Crippen molar-refractivity contribution in [2.45, 2.75) is 49.8 Å². The topological polar surface area (TPSA) is 61.4 Å². The molecule has 5 nitrogen and oxygen atoms in total. The van der Waals surface area contributed by atoms with Gasteiger partial charge in [0, 0.05) is 11.7 Å². The van der Waals surface area contributed by atoms with Crippen LogP contribution in [0.15, 0.2) is 53.4 Å². The van der Waals surface area contributed by atoms with Crippen molar-refractivity contribution in [1.29, 1.82) is 0 Å². The van der Waals surface area contributed by atoms with Crippen molar-refractivity contribution in [3.63, 3.8) is 0 Å². The van der Waals surface area contributed by atoms with Crippen molar-refractivity contribution in [3.05, 3.63) is 59.7 Å². The van der Waals surface area contributed by atoms with E-state index in [4.69, 9.17) is 0 Å². The molecule has 0 aromatic heterocycles. The van der Waals surface area contributed by atoms with Gasteiger partial charge in [-0.3, -0.25) is 0 Å². The number of sulfonamides is 1. The molecule has 1 aliphatic heterocycles. The molecule has 176 valence electrons. The zero-order valence-corrected chi connectivity index (χ0v) is 19.3. The van der Waals surface area contributed by atoms with Crippen molar-refractivity contribution >= 4 is 15.7 Å². The molecule has 9 heteroatoms. The summed E-state index contributed by atoms with van der Waals surface area (Å²) in [4.78, 5) is 2.26. The van der Waals surface area contributed by atoms with E-state index in [1.807, 2.05) is 14.0 Å². The van der Waals surface area contributed by atoms with Gasteiger partial charge in [0.15, 0.2) is 0 Å². The molecule has 3 rings (SSSR count). The van der Waals surface area contributed by atoms with Crippen molar-refractivity contribution in [2.24, 2.45) is 5.92 Å². The summed E-state index contributed by atoms with van der Waals surface area (Å²) in [6.07, 6.45) is -2.68. The maximum absolute atomic E-state index is 13.7. The summed E-state index contributed by atoms with van der Waals surface area (Å²) in [6.45, 7) is 5.32. The van der Waals surface area contributed by atoms with E-state index in [0.29, 0.717) is 5.56 Å². The molecular formula is C23H30F3N3O2S. The Morgan fingerprint density at radius 2 is 1.69 bits per heavy atom. The molecule has 2 aromatic carbocycles. The number of benzene rings is 2. The predicted octanol–water partition coefficient (Wildman–Crippen LogP) is 4.72. The lowest BCUT2D eigenvalue weighted by atomic mass is 9.91. The molecule has 0 aliphatic carbocycles. The average Bonchev–Trinajstić information content (AvgIpc) is 2.72. The minimum absolute atomic E-state index is 0.0450. The lowest BCUT2D eigenvalue weighted by Crippen LogP contribution is -2.43. The van der Waals surface area contributed by atoms with Crippen molar-refractivity contribution in [3.8, 4) is 0 Å². The summed E-state index contributed by atoms with van der Waals surface area (Å²) < 4.78 is 69.5. The standard InChI is InChI=1S/C23H30F3N3O2S/c1-16-15-20(32(30,31)28-17(2)18-11-13-29(3)14-12-18)9-10-21(16)27-22(23(24,25)26)19-7-5-4-6-8-19/h4-10,15,17-18,22,27-28H,11-14H2,1-3H3. The number of rotatable bonds is 7. The van der Waals surface area contributed by atoms with Gasteiger partial charge < -0.3 is 10.2 Å². The van der Waals surface area contributed by atoms with Crippen LogP contribution in [-0.4, -0.2) is 45.7 Å². The number of aryl methyl sites for hydroxylation is 1. The molecule has 1 saturated heterocycles. The second-order valence-electron chi connectivity index (χ2n) is 8.56. The van der Waals surface area contributed by atoms with Crippen LogP contribution in [0.5, 0.6) is 0 Å². The zero-order chi connectivity index (χ0) is 23.5. The molecule has 0 amide bonds. The number of nitrogens with one attached hydrogen (secondary N) is 2. The summed E-state index contributed by atoms with van der Waals surface area (Å²) in [6, 6.07) is 9.61. The molecule has 0 saturated carbocycles. The summed E-state index contributed by atoms with van der Waals surface area (Å²) in [5, 5.41) is 2.53. The highest BCUT2D eigenvalue weighted by Crippen LogP contribution is 2.36. The SMILES string of the molecule is Cc1cc(S(=O)(=O)NC(C)C2CCN(C)CC2)ccc1NC(c1ccccc1)C(F)(F)F. The van der Waals surface area contributed by atoms with Crippen LogP contribution < -0.4 is 10.0 Å². The van der Waals surface area contributed by atoms with Gasteiger partial charge in [0.1, 0.15) is 6.04 Å². The van der Waals surface area contributed by atoms with Crippen LogP contribution in [-0.2, 0) is 10.0 Å². The molecule has 1 fully saturated rings. The lowest BCUT2D eigenvalue weighted by Gasteiger charge is -2.32. The number of hydrogen-bond donors (Lipinski definition) is 2. The van der Waals surface area contributed by atoms with Gasteiger partial charge in [-0.15, -0.1) is 0 Å². The van der Waals surface area contributed by atoms with Crippen LogP contribution in [0.4, 0.5) is 18.9 Å². The van der Waals surface area contributed by atoms with Crippen LogP contribution in [0.2, 0.25) is 0 Å². The maximum Gasteiger partial charge on any atom is 0.412 e. The van der Waals surface area contributed by atoms with Crippen LogP contribution in [0, 0.1) is 12.8 Å². The third-order valence-corrected chi connectivity index (χ3v) is 7.64. The van der Waals surface area contributed by atoms with Gasteiger partial charge >= 0.3 is 6.18 Å². The first-order valence-electron chi connectivity index (χ1n) is 10.7. The zero-order valence-electron chi connectivity index (χ0n) is 18.5. The van der Waals surface area contributed by atoms with E-state index in [-0.39, 0.29) is 28.1 Å². The van der Waals surface area contributed by atoms with E-state index >= 15 is 0 Å². The van der Waals surface area contributed by atoms with E-state index in [2.05, 4.69) is 14.9 Å². The highest BCUT2D eigenvalue weighted by molar-refractivity contribution is 7.89. The number of alkyl halides is 3. The van der Waals surface area contributed by atoms with Gasteiger partial charge in [0.2, 0.25) is 10.0 Å². The van der Waals surface area contributed by atoms with E-state index in [1.54, 1.807) is 25.1 Å². The lowest BCUT2D eigenvalue weighted by molar-refractivity contribution is -0.144. The summed E-state index contributed by atoms with van der Waals surface area (Å²) in [5.41, 5.74) is 0.744. The first-order valence-corrected chi connectivity index (χ1v) is 12.2. The van der Waals surface area contributed by atoms with Crippen LogP contribution in [0.25, 0.3) is 0 Å². The maximum atomic E-state index is 13.7. The summed E-state index contributed by atoms with van der Waals surface area (Å²) >= 11 is 0. The van der Waals surface area contributed by atoms with Crippen molar-refractivity contribution in [1.82, 2.24) is 9.62 Å². The third-order valence-electron chi connectivity index (χ3n) is 6.08. The van der Waals surface area contributed by atoms with Gasteiger partial charge in [-0.2, -0.15) is 13.2 Å². The fourth-order valence-electron chi connectivity index (χ4n) is 4.06. The molecule has 2 N–H and O–H groups in total. The molecule has 2 unspecified atom stereocenters. The number of hydrogen-bond acceptors (Lipinski definition) is 4. The Bertz CT molecular complexity index is 1000. The second kappa shape index (κ2) is 9.80. The highest BCUT2D eigenvalue weighted by atomic mass is 32.2. The highest BCUT2D eigenvalue weighted by Gasteiger charge is 2.41. The Labute approximate surface area is 188 Å². The normalized spacial score (nSPS) is 18.3. The average molecular weight is 470 g/mol. The summed E-state index contributed by atoms with van der Waals surface area (Å²) in [7, 11) is -1.74. The Morgan fingerprint density at radius 3 is 2.25 bits per heavy atom. The second-order valence-corrected chi connectivity index (χ2v) is 10.3. The smallest absolute Gasteiger partial charge is 0.370 e. The van der Waals surface area contributed by atoms with E-state index in [9.17, 15) is 21.6 Å². The quantitative estimate of drug-likeness (QED) is 0.616. The largest absolute Gasteiger partial charge is 0.412 e. The fourth-order valence-corrected chi connectivity index (χ4v) is 5.46. The first-order chi connectivity index (χ1) is 15.0. The number of piperidine rings is 1. The minimum Gasteiger partial charge on any atom is -0.370 e. The van der Waals surface area contributed by atoms with Gasteiger partial charge in [-0.1, -0.05) is 30.3 Å². The van der Waals surface area contributed by atoms with E-state index in [1.165, 1.54) is 30.3 Å². The molecule has 2 atom stereocenters. The van der Waals surface area contributed by atoms with Crippen LogP contribution in [0.3, 0.4) is 0 Å². The van der Waals surface area contributed by atoms with Gasteiger partial charge in [0.25, 0.3) is 0 Å². The van der Waals surface area contributed by atoms with E-state index in [0.717, 1.165) is 25.9 Å². The number of halogens is 3. The van der Waals surface area contributed by atoms with Crippen LogP contribution >= 0.6 is 0 Å². The van der Waals surface area contributed by atoms with Gasteiger partial charge in [0.05, 0.1) is 4.90 Å². The Morgan fingerprint density at radius 1 is 1.06 bits per heavy atom. The Hall–Kier alpha value is -2.10. The molecule has 0 spiro atoms. The Kier molecular flexibility index (Phi) is 7.52. The molecular weight excluding hydrogens is 439 g/mol. The molecule has 32 heavy (non-hydrogen) atoms. The predicted molar refractivity (Wildman–Crippen MR) is 120 cm³/mol. The number of anilines is 1. The minimum atomic E-state index is -4.51. The van der Waals surface area contributed by atoms with Crippen molar-refractivity contribution in [2.75, 3.05) is 25.5 Å². The molecule has 0 radical (unpaired) electrons.